The van der Waals surface area contributed by atoms with E-state index in [1.807, 2.05) is 19.2 Å². The number of hydrogen-bond donors (Lipinski definition) is 1. The molecular formula is C16H22N2O. The Morgan fingerprint density at radius 3 is 2.74 bits per heavy atom. The fraction of sp³-hybridized carbons (Fsp3) is 0.562. The van der Waals surface area contributed by atoms with Crippen molar-refractivity contribution >= 4 is 0 Å². The third kappa shape index (κ3) is 3.27. The molecule has 0 aromatic heterocycles. The molecule has 3 nitrogen and oxygen atoms in total. The van der Waals surface area contributed by atoms with Gasteiger partial charge in [-0.3, -0.25) is 0 Å². The predicted octanol–water partition coefficient (Wildman–Crippen LogP) is 3.05. The summed E-state index contributed by atoms with van der Waals surface area (Å²) in [5.74, 6) is 0.909. The molecule has 3 heteroatoms. The molecule has 1 aromatic carbocycles. The zero-order chi connectivity index (χ0) is 13.7. The standard InChI is InChI=1S/C16H22N2O/c1-3-13-6-8-14(9-7-13)19-15-5-4-10-16(11-15,12-17)18-2/h6-9,15,18H,3-5,10-11H2,1-2H3. The van der Waals surface area contributed by atoms with Gasteiger partial charge in [-0.25, -0.2) is 0 Å². The second-order valence-electron chi connectivity index (χ2n) is 5.28. The summed E-state index contributed by atoms with van der Waals surface area (Å²) in [5, 5.41) is 12.5. The van der Waals surface area contributed by atoms with Gasteiger partial charge in [-0.2, -0.15) is 5.26 Å². The third-order valence-electron chi connectivity index (χ3n) is 4.03. The van der Waals surface area contributed by atoms with Crippen LogP contribution in [0.4, 0.5) is 0 Å². The smallest absolute Gasteiger partial charge is 0.119 e. The lowest BCUT2D eigenvalue weighted by Gasteiger charge is -2.35. The van der Waals surface area contributed by atoms with Crippen LogP contribution in [0, 0.1) is 11.3 Å². The maximum absolute atomic E-state index is 9.33. The van der Waals surface area contributed by atoms with Crippen molar-refractivity contribution in [3.8, 4) is 11.8 Å². The molecule has 19 heavy (non-hydrogen) atoms. The van der Waals surface area contributed by atoms with Crippen LogP contribution < -0.4 is 10.1 Å². The van der Waals surface area contributed by atoms with Crippen molar-refractivity contribution in [1.82, 2.24) is 5.32 Å². The van der Waals surface area contributed by atoms with Gasteiger partial charge in [0.2, 0.25) is 0 Å². The highest BCUT2D eigenvalue weighted by atomic mass is 16.5. The largest absolute Gasteiger partial charge is 0.490 e. The van der Waals surface area contributed by atoms with Crippen LogP contribution in [0.15, 0.2) is 24.3 Å². The minimum atomic E-state index is -0.410. The van der Waals surface area contributed by atoms with Crippen LogP contribution in [0.3, 0.4) is 0 Å². The Bertz CT molecular complexity index is 449. The van der Waals surface area contributed by atoms with Crippen molar-refractivity contribution in [2.75, 3.05) is 7.05 Å². The maximum atomic E-state index is 9.33. The molecule has 0 aliphatic heterocycles. The molecule has 1 N–H and O–H groups in total. The van der Waals surface area contributed by atoms with E-state index < -0.39 is 5.54 Å². The molecule has 102 valence electrons. The summed E-state index contributed by atoms with van der Waals surface area (Å²) >= 11 is 0. The number of rotatable bonds is 4. The summed E-state index contributed by atoms with van der Waals surface area (Å²) in [4.78, 5) is 0. The van der Waals surface area contributed by atoms with E-state index in [2.05, 4.69) is 30.4 Å². The lowest BCUT2D eigenvalue weighted by atomic mass is 9.81. The summed E-state index contributed by atoms with van der Waals surface area (Å²) in [6, 6.07) is 10.7. The molecule has 0 amide bonds. The molecule has 0 radical (unpaired) electrons. The summed E-state index contributed by atoms with van der Waals surface area (Å²) in [7, 11) is 1.86. The monoisotopic (exact) mass is 258 g/mol. The lowest BCUT2D eigenvalue weighted by molar-refractivity contribution is 0.116. The number of nitrogens with one attached hydrogen (secondary N) is 1. The Morgan fingerprint density at radius 2 is 2.16 bits per heavy atom. The van der Waals surface area contributed by atoms with Crippen molar-refractivity contribution in [2.24, 2.45) is 0 Å². The van der Waals surface area contributed by atoms with Gasteiger partial charge in [-0.15, -0.1) is 0 Å². The second kappa shape index (κ2) is 6.08. The summed E-state index contributed by atoms with van der Waals surface area (Å²) in [6.45, 7) is 2.14. The molecule has 1 saturated carbocycles. The first-order valence-corrected chi connectivity index (χ1v) is 7.07. The minimum Gasteiger partial charge on any atom is -0.490 e. The number of nitriles is 1. The van der Waals surface area contributed by atoms with E-state index in [0.29, 0.717) is 0 Å². The summed E-state index contributed by atoms with van der Waals surface area (Å²) < 4.78 is 6.02. The lowest BCUT2D eigenvalue weighted by Crippen LogP contribution is -2.48. The van der Waals surface area contributed by atoms with E-state index in [0.717, 1.165) is 37.9 Å². The highest BCUT2D eigenvalue weighted by Crippen LogP contribution is 2.30. The van der Waals surface area contributed by atoms with Gasteiger partial charge in [-0.1, -0.05) is 19.1 Å². The van der Waals surface area contributed by atoms with Gasteiger partial charge < -0.3 is 10.1 Å². The van der Waals surface area contributed by atoms with Gasteiger partial charge in [0, 0.05) is 6.42 Å². The van der Waals surface area contributed by atoms with Crippen molar-refractivity contribution < 1.29 is 4.74 Å². The number of nitrogens with zero attached hydrogens (tertiary/aromatic N) is 1. The predicted molar refractivity (Wildman–Crippen MR) is 76.1 cm³/mol. The van der Waals surface area contributed by atoms with E-state index in [1.165, 1.54) is 5.56 Å². The van der Waals surface area contributed by atoms with Gasteiger partial charge in [0.05, 0.1) is 6.07 Å². The van der Waals surface area contributed by atoms with E-state index in [4.69, 9.17) is 4.74 Å². The van der Waals surface area contributed by atoms with Gasteiger partial charge in [0.15, 0.2) is 0 Å². The van der Waals surface area contributed by atoms with Gasteiger partial charge in [0.1, 0.15) is 17.4 Å². The fourth-order valence-corrected chi connectivity index (χ4v) is 2.71. The topological polar surface area (TPSA) is 45.0 Å². The molecule has 2 rings (SSSR count). The summed E-state index contributed by atoms with van der Waals surface area (Å²) in [5.41, 5.74) is 0.907. The first-order chi connectivity index (χ1) is 9.21. The Balaban J connectivity index is 2.00. The van der Waals surface area contributed by atoms with Gasteiger partial charge >= 0.3 is 0 Å². The highest BCUT2D eigenvalue weighted by Gasteiger charge is 2.36. The van der Waals surface area contributed by atoms with Gasteiger partial charge in [0.25, 0.3) is 0 Å². The molecule has 1 aliphatic rings. The molecule has 1 aromatic rings. The number of benzene rings is 1. The first kappa shape index (κ1) is 13.9. The molecule has 0 saturated heterocycles. The average molecular weight is 258 g/mol. The van der Waals surface area contributed by atoms with Crippen LogP contribution in [0.5, 0.6) is 5.75 Å². The Morgan fingerprint density at radius 1 is 1.42 bits per heavy atom. The normalized spacial score (nSPS) is 26.7. The van der Waals surface area contributed by atoms with Crippen LogP contribution in [0.25, 0.3) is 0 Å². The molecule has 1 aliphatic carbocycles. The van der Waals surface area contributed by atoms with Crippen LogP contribution in [0.1, 0.15) is 38.2 Å². The van der Waals surface area contributed by atoms with Crippen LogP contribution in [0.2, 0.25) is 0 Å². The van der Waals surface area contributed by atoms with Crippen LogP contribution >= 0.6 is 0 Å². The number of aryl methyl sites for hydroxylation is 1. The van der Waals surface area contributed by atoms with E-state index in [9.17, 15) is 5.26 Å². The molecule has 2 atom stereocenters. The van der Waals surface area contributed by atoms with Crippen molar-refractivity contribution in [2.45, 2.75) is 50.7 Å². The third-order valence-corrected chi connectivity index (χ3v) is 4.03. The molecule has 0 bridgehead atoms. The van der Waals surface area contributed by atoms with Crippen molar-refractivity contribution in [3.05, 3.63) is 29.8 Å². The van der Waals surface area contributed by atoms with E-state index in [-0.39, 0.29) is 6.10 Å². The molecule has 0 spiro atoms. The van der Waals surface area contributed by atoms with Crippen LogP contribution in [-0.2, 0) is 6.42 Å². The molecule has 0 heterocycles. The van der Waals surface area contributed by atoms with Crippen molar-refractivity contribution in [3.63, 3.8) is 0 Å². The quantitative estimate of drug-likeness (QED) is 0.902. The number of hydrogen-bond acceptors (Lipinski definition) is 3. The van der Waals surface area contributed by atoms with Crippen molar-refractivity contribution in [1.29, 1.82) is 5.26 Å². The zero-order valence-corrected chi connectivity index (χ0v) is 11.8. The highest BCUT2D eigenvalue weighted by molar-refractivity contribution is 5.27. The fourth-order valence-electron chi connectivity index (χ4n) is 2.71. The Kier molecular flexibility index (Phi) is 4.44. The van der Waals surface area contributed by atoms with Gasteiger partial charge in [-0.05, 0) is 50.4 Å². The Labute approximate surface area is 115 Å². The molecule has 2 unspecified atom stereocenters. The first-order valence-electron chi connectivity index (χ1n) is 7.07. The molecular weight excluding hydrogens is 236 g/mol. The minimum absolute atomic E-state index is 0.133. The van der Waals surface area contributed by atoms with Crippen LogP contribution in [-0.4, -0.2) is 18.7 Å². The number of ether oxygens (including phenoxy) is 1. The molecule has 1 fully saturated rings. The average Bonchev–Trinajstić information content (AvgIpc) is 2.48. The maximum Gasteiger partial charge on any atom is 0.119 e. The second-order valence-corrected chi connectivity index (χ2v) is 5.28. The van der Waals surface area contributed by atoms with E-state index >= 15 is 0 Å². The summed E-state index contributed by atoms with van der Waals surface area (Å²) in [6.07, 6.45) is 4.91. The zero-order valence-electron chi connectivity index (χ0n) is 11.8. The Hall–Kier alpha value is -1.53. The SMILES string of the molecule is CCc1ccc(OC2CCCC(C#N)(NC)C2)cc1. The van der Waals surface area contributed by atoms with E-state index in [1.54, 1.807) is 0 Å².